The van der Waals surface area contributed by atoms with Gasteiger partial charge in [0.25, 0.3) is 6.47 Å². The van der Waals surface area contributed by atoms with Crippen molar-refractivity contribution in [1.82, 2.24) is 9.80 Å². The molecule has 2 N–H and O–H groups in total. The molecule has 0 spiro atoms. The summed E-state index contributed by atoms with van der Waals surface area (Å²) in [6, 6.07) is 5.60. The number of benzene rings is 1. The van der Waals surface area contributed by atoms with Gasteiger partial charge in [-0.3, -0.25) is 9.59 Å². The van der Waals surface area contributed by atoms with E-state index in [9.17, 15) is 4.79 Å². The van der Waals surface area contributed by atoms with Crippen molar-refractivity contribution in [3.63, 3.8) is 0 Å². The molecule has 1 aliphatic heterocycles. The fourth-order valence-corrected chi connectivity index (χ4v) is 2.85. The number of hydrogen-bond acceptors (Lipinski definition) is 5. The second-order valence-electron chi connectivity index (χ2n) is 6.11. The van der Waals surface area contributed by atoms with Crippen LogP contribution in [0.2, 0.25) is 5.02 Å². The zero-order valence-electron chi connectivity index (χ0n) is 15.0. The minimum Gasteiger partial charge on any atom is -0.483 e. The van der Waals surface area contributed by atoms with E-state index in [-0.39, 0.29) is 12.4 Å². The van der Waals surface area contributed by atoms with E-state index in [0.29, 0.717) is 11.4 Å². The molecule has 1 aliphatic rings. The molecule has 0 aromatic heterocycles. The van der Waals surface area contributed by atoms with E-state index in [1.807, 2.05) is 31.1 Å². The quantitative estimate of drug-likeness (QED) is 0.768. The van der Waals surface area contributed by atoms with Crippen LogP contribution in [-0.4, -0.2) is 81.2 Å². The summed E-state index contributed by atoms with van der Waals surface area (Å²) in [5.74, 6) is 0.0348. The van der Waals surface area contributed by atoms with E-state index < -0.39 is 0 Å². The number of nitrogens with zero attached hydrogens (tertiary/aromatic N) is 3. The second kappa shape index (κ2) is 10.9. The van der Waals surface area contributed by atoms with Gasteiger partial charge in [0, 0.05) is 58.9 Å². The highest BCUT2D eigenvalue weighted by Gasteiger charge is 2.14. The fraction of sp³-hybridized carbons (Fsp3) is 0.529. The molecule has 1 aromatic rings. The van der Waals surface area contributed by atoms with Crippen molar-refractivity contribution in [2.24, 2.45) is 0 Å². The lowest BCUT2D eigenvalue weighted by molar-refractivity contribution is -0.123. The summed E-state index contributed by atoms with van der Waals surface area (Å²) in [6.45, 7) is 4.77. The number of amides is 1. The first-order chi connectivity index (χ1) is 11.9. The Balaban J connectivity index is 0.000000970. The zero-order valence-corrected chi connectivity index (χ0v) is 15.8. The molecule has 8 heteroatoms. The van der Waals surface area contributed by atoms with Gasteiger partial charge in [0.05, 0.1) is 10.7 Å². The Kier molecular flexibility index (Phi) is 9.26. The minimum absolute atomic E-state index is 0.0348. The molecule has 0 saturated carbocycles. The number of carbonyl (C=O) groups is 2. The number of carboxylic acid groups (broad SMARTS) is 1. The van der Waals surface area contributed by atoms with Gasteiger partial charge < -0.3 is 25.1 Å². The highest BCUT2D eigenvalue weighted by atomic mass is 35.5. The van der Waals surface area contributed by atoms with Gasteiger partial charge in [-0.1, -0.05) is 11.6 Å². The highest BCUT2D eigenvalue weighted by Crippen LogP contribution is 2.27. The molecular weight excluding hydrogens is 344 g/mol. The lowest BCUT2D eigenvalue weighted by atomic mass is 10.2. The van der Waals surface area contributed by atoms with Crippen LogP contribution in [0.15, 0.2) is 18.2 Å². The number of likely N-dealkylation sites (N-methyl/N-ethyl adjacent to an activating group) is 1. The molecule has 1 saturated heterocycles. The minimum atomic E-state index is -0.250. The van der Waals surface area contributed by atoms with Crippen molar-refractivity contribution in [3.05, 3.63) is 23.2 Å². The molecule has 7 nitrogen and oxygen atoms in total. The molecule has 0 radical (unpaired) electrons. The van der Waals surface area contributed by atoms with Crippen molar-refractivity contribution < 1.29 is 14.7 Å². The number of halogens is 1. The Bertz CT molecular complexity index is 561. The first-order valence-electron chi connectivity index (χ1n) is 8.12. The van der Waals surface area contributed by atoms with Crippen molar-refractivity contribution in [2.45, 2.75) is 6.42 Å². The average Bonchev–Trinajstić information content (AvgIpc) is 2.55. The maximum atomic E-state index is 12.0. The third-order valence-corrected chi connectivity index (χ3v) is 4.27. The first-order valence-corrected chi connectivity index (χ1v) is 8.50. The maximum Gasteiger partial charge on any atom is 0.290 e. The molecule has 1 amide bonds. The normalized spacial score (nSPS) is 15.0. The monoisotopic (exact) mass is 370 g/mol. The van der Waals surface area contributed by atoms with E-state index in [1.165, 1.54) is 0 Å². The number of carbonyl (C=O) groups excluding carboxylic acids is 1. The van der Waals surface area contributed by atoms with Crippen molar-refractivity contribution in [1.29, 1.82) is 0 Å². The molecule has 0 bridgehead atoms. The van der Waals surface area contributed by atoms with E-state index in [0.717, 1.165) is 44.1 Å². The summed E-state index contributed by atoms with van der Waals surface area (Å²) in [6.07, 6.45) is 0.511. The van der Waals surface area contributed by atoms with Crippen LogP contribution in [0.1, 0.15) is 6.42 Å². The summed E-state index contributed by atoms with van der Waals surface area (Å²) in [4.78, 5) is 27.0. The predicted molar refractivity (Wildman–Crippen MR) is 102 cm³/mol. The van der Waals surface area contributed by atoms with Gasteiger partial charge in [-0.2, -0.15) is 0 Å². The van der Waals surface area contributed by atoms with Crippen LogP contribution in [0.25, 0.3) is 0 Å². The molecule has 140 valence electrons. The van der Waals surface area contributed by atoms with E-state index in [2.05, 4.69) is 22.2 Å². The largest absolute Gasteiger partial charge is 0.483 e. The summed E-state index contributed by atoms with van der Waals surface area (Å²) in [5, 5.41) is 10.4. The van der Waals surface area contributed by atoms with Crippen LogP contribution in [0.5, 0.6) is 0 Å². The average molecular weight is 371 g/mol. The van der Waals surface area contributed by atoms with Gasteiger partial charge in [-0.15, -0.1) is 0 Å². The predicted octanol–water partition coefficient (Wildman–Crippen LogP) is 1.68. The van der Waals surface area contributed by atoms with Gasteiger partial charge in [0.2, 0.25) is 5.91 Å². The number of rotatable bonds is 5. The van der Waals surface area contributed by atoms with Crippen LogP contribution in [0.4, 0.5) is 11.4 Å². The third-order valence-electron chi connectivity index (χ3n) is 3.96. The number of piperazine rings is 1. The van der Waals surface area contributed by atoms with Crippen molar-refractivity contribution in [3.8, 4) is 0 Å². The molecule has 0 aliphatic carbocycles. The molecule has 0 unspecified atom stereocenters. The molecule has 25 heavy (non-hydrogen) atoms. The molecule has 2 rings (SSSR count). The molecule has 1 aromatic carbocycles. The summed E-state index contributed by atoms with van der Waals surface area (Å²) in [5.41, 5.74) is 1.69. The van der Waals surface area contributed by atoms with Crippen LogP contribution in [-0.2, 0) is 9.59 Å². The topological polar surface area (TPSA) is 76.1 Å². The van der Waals surface area contributed by atoms with E-state index in [1.54, 1.807) is 6.07 Å². The van der Waals surface area contributed by atoms with Crippen LogP contribution in [0.3, 0.4) is 0 Å². The molecule has 1 heterocycles. The molecule has 1 fully saturated rings. The van der Waals surface area contributed by atoms with Gasteiger partial charge in [0.15, 0.2) is 0 Å². The molecular formula is C17H27ClN4O3. The number of anilines is 2. The van der Waals surface area contributed by atoms with Gasteiger partial charge in [-0.05, 0) is 25.2 Å². The van der Waals surface area contributed by atoms with E-state index >= 15 is 0 Å². The lowest BCUT2D eigenvalue weighted by Gasteiger charge is -2.32. The lowest BCUT2D eigenvalue weighted by Crippen LogP contribution is -2.45. The Morgan fingerprint density at radius 1 is 1.32 bits per heavy atom. The van der Waals surface area contributed by atoms with Gasteiger partial charge >= 0.3 is 0 Å². The Labute approximate surface area is 154 Å². The fourth-order valence-electron chi connectivity index (χ4n) is 2.50. The summed E-state index contributed by atoms with van der Waals surface area (Å²) < 4.78 is 0. The smallest absolute Gasteiger partial charge is 0.290 e. The Morgan fingerprint density at radius 2 is 1.92 bits per heavy atom. The Hall–Kier alpha value is -1.83. The second-order valence-corrected chi connectivity index (χ2v) is 6.52. The maximum absolute atomic E-state index is 12.0. The molecule has 0 atom stereocenters. The van der Waals surface area contributed by atoms with Crippen molar-refractivity contribution in [2.75, 3.05) is 64.1 Å². The number of hydrogen-bond donors (Lipinski definition) is 2. The van der Waals surface area contributed by atoms with Crippen LogP contribution >= 0.6 is 11.6 Å². The zero-order chi connectivity index (χ0) is 18.8. The van der Waals surface area contributed by atoms with Crippen LogP contribution in [0, 0.1) is 0 Å². The standard InChI is InChI=1S/C16H25ClN4O.CH2O2/c1-19(2)15-5-4-13(12-14(15)17)18-16(22)6-7-21-10-8-20(3)9-11-21;2-1-3/h4-5,12H,6-11H2,1-3H3,(H,18,22);1H,(H,2,3). The van der Waals surface area contributed by atoms with Crippen molar-refractivity contribution >= 4 is 35.4 Å². The summed E-state index contributed by atoms with van der Waals surface area (Å²) in [7, 11) is 6.01. The number of nitrogens with one attached hydrogen (secondary N) is 1. The van der Waals surface area contributed by atoms with E-state index in [4.69, 9.17) is 21.5 Å². The SMILES string of the molecule is CN1CCN(CCC(=O)Nc2ccc(N(C)C)c(Cl)c2)CC1.O=CO. The van der Waals surface area contributed by atoms with Crippen LogP contribution < -0.4 is 10.2 Å². The third kappa shape index (κ3) is 7.72. The Morgan fingerprint density at radius 3 is 2.44 bits per heavy atom. The van der Waals surface area contributed by atoms with Gasteiger partial charge in [0.1, 0.15) is 0 Å². The van der Waals surface area contributed by atoms with Gasteiger partial charge in [-0.25, -0.2) is 0 Å². The highest BCUT2D eigenvalue weighted by molar-refractivity contribution is 6.33. The first kappa shape index (κ1) is 21.2. The summed E-state index contributed by atoms with van der Waals surface area (Å²) >= 11 is 6.21.